The number of nitrogens with zero attached hydrogens (tertiary/aromatic N) is 4. The number of piperidine rings is 1. The van der Waals surface area contributed by atoms with Crippen LogP contribution in [0.2, 0.25) is 0 Å². The van der Waals surface area contributed by atoms with Gasteiger partial charge in [-0.05, 0) is 43.2 Å². The Morgan fingerprint density at radius 2 is 1.91 bits per heavy atom. The van der Waals surface area contributed by atoms with Crippen molar-refractivity contribution in [2.24, 2.45) is 7.05 Å². The second-order valence-electron chi connectivity index (χ2n) is 8.12. The first-order valence-electron chi connectivity index (χ1n) is 11.1. The topological polar surface area (TPSA) is 97.2 Å². The van der Waals surface area contributed by atoms with E-state index in [1.807, 2.05) is 29.8 Å². The van der Waals surface area contributed by atoms with Crippen molar-refractivity contribution in [1.29, 1.82) is 0 Å². The highest BCUT2D eigenvalue weighted by Gasteiger charge is 2.26. The fourth-order valence-corrected chi connectivity index (χ4v) is 5.60. The van der Waals surface area contributed by atoms with Crippen molar-refractivity contribution >= 4 is 27.0 Å². The van der Waals surface area contributed by atoms with Gasteiger partial charge < -0.3 is 9.88 Å². The van der Waals surface area contributed by atoms with E-state index in [4.69, 9.17) is 0 Å². The summed E-state index contributed by atoms with van der Waals surface area (Å²) in [5.74, 6) is 0.716. The first kappa shape index (κ1) is 22.4. The number of aryl methyl sites for hydroxylation is 2. The SMILES string of the molecule is Cn1c(CCC(=O)NCCc2ccccn2)nc2cc(S(=O)(=O)N3CCCCC3)ccc21. The normalized spacial score (nSPS) is 15.2. The van der Waals surface area contributed by atoms with Gasteiger partial charge in [0.2, 0.25) is 15.9 Å². The van der Waals surface area contributed by atoms with Crippen molar-refractivity contribution < 1.29 is 13.2 Å². The summed E-state index contributed by atoms with van der Waals surface area (Å²) in [7, 11) is -1.61. The maximum atomic E-state index is 13.0. The van der Waals surface area contributed by atoms with Gasteiger partial charge in [-0.1, -0.05) is 12.5 Å². The van der Waals surface area contributed by atoms with E-state index in [0.717, 1.165) is 36.3 Å². The number of sulfonamides is 1. The summed E-state index contributed by atoms with van der Waals surface area (Å²) in [5.41, 5.74) is 2.43. The molecule has 0 atom stereocenters. The molecule has 0 radical (unpaired) electrons. The first-order valence-corrected chi connectivity index (χ1v) is 12.5. The number of hydrogen-bond donors (Lipinski definition) is 1. The molecule has 9 heteroatoms. The van der Waals surface area contributed by atoms with E-state index >= 15 is 0 Å². The Kier molecular flexibility index (Phi) is 6.86. The van der Waals surface area contributed by atoms with Crippen molar-refractivity contribution in [3.8, 4) is 0 Å². The van der Waals surface area contributed by atoms with Gasteiger partial charge in [0.05, 0.1) is 15.9 Å². The average molecular weight is 456 g/mol. The molecular formula is C23H29N5O3S. The molecule has 32 heavy (non-hydrogen) atoms. The van der Waals surface area contributed by atoms with Crippen LogP contribution in [0.1, 0.15) is 37.2 Å². The molecule has 1 aromatic carbocycles. The summed E-state index contributed by atoms with van der Waals surface area (Å²) in [6.07, 6.45) is 6.11. The molecule has 3 heterocycles. The molecule has 1 aliphatic heterocycles. The Hall–Kier alpha value is -2.78. The maximum Gasteiger partial charge on any atom is 0.243 e. The Balaban J connectivity index is 1.39. The third-order valence-corrected chi connectivity index (χ3v) is 7.80. The largest absolute Gasteiger partial charge is 0.356 e. The minimum Gasteiger partial charge on any atom is -0.356 e. The summed E-state index contributed by atoms with van der Waals surface area (Å²) < 4.78 is 29.4. The Morgan fingerprint density at radius 3 is 2.66 bits per heavy atom. The summed E-state index contributed by atoms with van der Waals surface area (Å²) in [6, 6.07) is 10.8. The van der Waals surface area contributed by atoms with Crippen molar-refractivity contribution in [1.82, 2.24) is 24.2 Å². The van der Waals surface area contributed by atoms with Gasteiger partial charge in [-0.2, -0.15) is 4.31 Å². The molecule has 8 nitrogen and oxygen atoms in total. The molecule has 0 bridgehead atoms. The van der Waals surface area contributed by atoms with Crippen LogP contribution in [0.5, 0.6) is 0 Å². The summed E-state index contributed by atoms with van der Waals surface area (Å²) in [6.45, 7) is 1.68. The highest BCUT2D eigenvalue weighted by molar-refractivity contribution is 7.89. The molecule has 170 valence electrons. The van der Waals surface area contributed by atoms with E-state index in [0.29, 0.717) is 44.4 Å². The molecule has 1 fully saturated rings. The quantitative estimate of drug-likeness (QED) is 0.563. The Labute approximate surface area is 188 Å². The predicted molar refractivity (Wildman–Crippen MR) is 123 cm³/mol. The zero-order valence-electron chi connectivity index (χ0n) is 18.3. The molecule has 3 aromatic rings. The molecule has 0 spiro atoms. The number of aromatic nitrogens is 3. The molecule has 1 amide bonds. The lowest BCUT2D eigenvalue weighted by atomic mass is 10.2. The third-order valence-electron chi connectivity index (χ3n) is 5.90. The van der Waals surface area contributed by atoms with Crippen LogP contribution >= 0.6 is 0 Å². The van der Waals surface area contributed by atoms with Gasteiger partial charge in [-0.3, -0.25) is 9.78 Å². The molecule has 0 saturated carbocycles. The van der Waals surface area contributed by atoms with Crippen LogP contribution in [0.25, 0.3) is 11.0 Å². The van der Waals surface area contributed by atoms with Crippen LogP contribution in [0.4, 0.5) is 0 Å². The molecule has 1 N–H and O–H groups in total. The van der Waals surface area contributed by atoms with Gasteiger partial charge in [0.25, 0.3) is 0 Å². The lowest BCUT2D eigenvalue weighted by Crippen LogP contribution is -2.35. The van der Waals surface area contributed by atoms with Crippen LogP contribution in [-0.4, -0.2) is 52.8 Å². The molecule has 0 aliphatic carbocycles. The van der Waals surface area contributed by atoms with E-state index in [1.165, 1.54) is 0 Å². The predicted octanol–water partition coefficient (Wildman–Crippen LogP) is 2.43. The molecule has 2 aromatic heterocycles. The van der Waals surface area contributed by atoms with Gasteiger partial charge in [-0.15, -0.1) is 0 Å². The zero-order valence-corrected chi connectivity index (χ0v) is 19.1. The number of benzene rings is 1. The van der Waals surface area contributed by atoms with Crippen molar-refractivity contribution in [2.75, 3.05) is 19.6 Å². The summed E-state index contributed by atoms with van der Waals surface area (Å²) in [5, 5.41) is 2.92. The lowest BCUT2D eigenvalue weighted by Gasteiger charge is -2.25. The summed E-state index contributed by atoms with van der Waals surface area (Å²) in [4.78, 5) is 21.4. The third kappa shape index (κ3) is 4.99. The van der Waals surface area contributed by atoms with E-state index in [2.05, 4.69) is 15.3 Å². The maximum absolute atomic E-state index is 13.0. The first-order chi connectivity index (χ1) is 15.4. The number of imidazole rings is 1. The highest BCUT2D eigenvalue weighted by Crippen LogP contribution is 2.24. The van der Waals surface area contributed by atoms with Crippen LogP contribution < -0.4 is 5.32 Å². The average Bonchev–Trinajstić information content (AvgIpc) is 3.14. The van der Waals surface area contributed by atoms with Gasteiger partial charge in [0, 0.05) is 57.8 Å². The molecule has 1 saturated heterocycles. The van der Waals surface area contributed by atoms with E-state index in [1.54, 1.807) is 28.7 Å². The zero-order chi connectivity index (χ0) is 22.6. The molecule has 1 aliphatic rings. The second-order valence-corrected chi connectivity index (χ2v) is 10.1. The Bertz CT molecular complexity index is 1190. The monoisotopic (exact) mass is 455 g/mol. The Morgan fingerprint density at radius 1 is 1.09 bits per heavy atom. The second kappa shape index (κ2) is 9.79. The number of pyridine rings is 1. The van der Waals surface area contributed by atoms with Crippen molar-refractivity contribution in [3.05, 3.63) is 54.1 Å². The van der Waals surface area contributed by atoms with E-state index in [9.17, 15) is 13.2 Å². The van der Waals surface area contributed by atoms with Crippen molar-refractivity contribution in [3.63, 3.8) is 0 Å². The lowest BCUT2D eigenvalue weighted by molar-refractivity contribution is -0.121. The number of rotatable bonds is 8. The standard InChI is InChI=1S/C23H29N5O3S/c1-27-21-9-8-19(32(30,31)28-15-5-2-6-16-28)17-20(21)26-22(27)10-11-23(29)25-14-12-18-7-3-4-13-24-18/h3-4,7-9,13,17H,2,5-6,10-12,14-16H2,1H3,(H,25,29). The van der Waals surface area contributed by atoms with Crippen LogP contribution in [0.15, 0.2) is 47.5 Å². The number of fused-ring (bicyclic) bond motifs is 1. The van der Waals surface area contributed by atoms with E-state index in [-0.39, 0.29) is 10.8 Å². The van der Waals surface area contributed by atoms with Crippen molar-refractivity contribution in [2.45, 2.75) is 43.4 Å². The number of carbonyl (C=O) groups is 1. The smallest absolute Gasteiger partial charge is 0.243 e. The van der Waals surface area contributed by atoms with Gasteiger partial charge in [-0.25, -0.2) is 13.4 Å². The van der Waals surface area contributed by atoms with Crippen LogP contribution in [-0.2, 0) is 34.7 Å². The number of carbonyl (C=O) groups excluding carboxylic acids is 1. The van der Waals surface area contributed by atoms with Gasteiger partial charge in [0.15, 0.2) is 0 Å². The van der Waals surface area contributed by atoms with Gasteiger partial charge in [0.1, 0.15) is 5.82 Å². The molecular weight excluding hydrogens is 426 g/mol. The number of amides is 1. The number of nitrogens with one attached hydrogen (secondary N) is 1. The molecule has 4 rings (SSSR count). The fraction of sp³-hybridized carbons (Fsp3) is 0.435. The minimum absolute atomic E-state index is 0.0404. The van der Waals surface area contributed by atoms with Crippen LogP contribution in [0, 0.1) is 0 Å². The van der Waals surface area contributed by atoms with E-state index < -0.39 is 10.0 Å². The fourth-order valence-electron chi connectivity index (χ4n) is 4.06. The summed E-state index contributed by atoms with van der Waals surface area (Å²) >= 11 is 0. The molecule has 0 unspecified atom stereocenters. The minimum atomic E-state index is -3.50. The van der Waals surface area contributed by atoms with Gasteiger partial charge >= 0.3 is 0 Å². The van der Waals surface area contributed by atoms with Crippen LogP contribution in [0.3, 0.4) is 0 Å². The highest BCUT2D eigenvalue weighted by atomic mass is 32.2. The number of hydrogen-bond acceptors (Lipinski definition) is 5.